The Morgan fingerprint density at radius 3 is 2.62 bits per heavy atom. The van der Waals surface area contributed by atoms with Gasteiger partial charge in [-0.15, -0.1) is 6.58 Å². The van der Waals surface area contributed by atoms with Crippen molar-refractivity contribution >= 4 is 5.97 Å². The van der Waals surface area contributed by atoms with E-state index in [4.69, 9.17) is 10.8 Å². The monoisotopic (exact) mass is 185 g/mol. The van der Waals surface area contributed by atoms with Crippen molar-refractivity contribution < 1.29 is 9.90 Å². The van der Waals surface area contributed by atoms with Crippen LogP contribution in [0.2, 0.25) is 0 Å². The largest absolute Gasteiger partial charge is 0.481 e. The molecule has 3 heteroatoms. The van der Waals surface area contributed by atoms with Crippen molar-refractivity contribution in [3.8, 4) is 0 Å². The van der Waals surface area contributed by atoms with Crippen LogP contribution in [0.15, 0.2) is 12.7 Å². The van der Waals surface area contributed by atoms with Crippen LogP contribution < -0.4 is 5.73 Å². The average molecular weight is 185 g/mol. The number of carboxylic acid groups (broad SMARTS) is 1. The zero-order valence-corrected chi connectivity index (χ0v) is 8.20. The minimum atomic E-state index is -0.732. The van der Waals surface area contributed by atoms with Gasteiger partial charge < -0.3 is 10.8 Å². The molecule has 0 aromatic rings. The van der Waals surface area contributed by atoms with E-state index in [1.165, 1.54) is 0 Å². The van der Waals surface area contributed by atoms with Crippen LogP contribution in [0.5, 0.6) is 0 Å². The first-order valence-electron chi connectivity index (χ1n) is 4.69. The molecule has 76 valence electrons. The van der Waals surface area contributed by atoms with E-state index >= 15 is 0 Å². The first-order valence-corrected chi connectivity index (χ1v) is 4.69. The van der Waals surface area contributed by atoms with E-state index in [9.17, 15) is 4.79 Å². The van der Waals surface area contributed by atoms with Crippen molar-refractivity contribution in [1.82, 2.24) is 0 Å². The summed E-state index contributed by atoms with van der Waals surface area (Å²) in [6.45, 7) is 6.12. The average Bonchev–Trinajstić information content (AvgIpc) is 2.11. The Kier molecular flexibility index (Phi) is 6.24. The van der Waals surface area contributed by atoms with Crippen molar-refractivity contribution in [1.29, 1.82) is 0 Å². The van der Waals surface area contributed by atoms with Crippen LogP contribution in [-0.2, 0) is 4.79 Å². The van der Waals surface area contributed by atoms with Crippen LogP contribution in [-0.4, -0.2) is 17.6 Å². The van der Waals surface area contributed by atoms with Gasteiger partial charge in [-0.25, -0.2) is 0 Å². The molecular formula is C10H19NO2. The second-order valence-electron chi connectivity index (χ2n) is 3.32. The highest BCUT2D eigenvalue weighted by Gasteiger charge is 2.21. The molecule has 0 aromatic carbocycles. The van der Waals surface area contributed by atoms with E-state index in [-0.39, 0.29) is 11.8 Å². The predicted octanol–water partition coefficient (Wildman–Crippen LogP) is 1.64. The van der Waals surface area contributed by atoms with Gasteiger partial charge in [-0.1, -0.05) is 19.4 Å². The Morgan fingerprint density at radius 1 is 1.62 bits per heavy atom. The molecule has 0 aliphatic carbocycles. The van der Waals surface area contributed by atoms with Crippen molar-refractivity contribution in [3.63, 3.8) is 0 Å². The van der Waals surface area contributed by atoms with Crippen molar-refractivity contribution in [2.24, 2.45) is 17.6 Å². The third-order valence-corrected chi connectivity index (χ3v) is 2.29. The lowest BCUT2D eigenvalue weighted by atomic mass is 9.89. The molecule has 0 aliphatic rings. The van der Waals surface area contributed by atoms with Gasteiger partial charge in [-0.2, -0.15) is 0 Å². The number of aliphatic carboxylic acids is 1. The predicted molar refractivity (Wildman–Crippen MR) is 53.4 cm³/mol. The van der Waals surface area contributed by atoms with Gasteiger partial charge >= 0.3 is 5.97 Å². The molecule has 13 heavy (non-hydrogen) atoms. The van der Waals surface area contributed by atoms with Gasteiger partial charge in [-0.05, 0) is 25.3 Å². The van der Waals surface area contributed by atoms with Crippen LogP contribution in [0.3, 0.4) is 0 Å². The third-order valence-electron chi connectivity index (χ3n) is 2.29. The Labute approximate surface area is 79.6 Å². The molecule has 3 nitrogen and oxygen atoms in total. The number of nitrogens with two attached hydrogens (primary N) is 1. The summed E-state index contributed by atoms with van der Waals surface area (Å²) in [6.07, 6.45) is 4.17. The minimum Gasteiger partial charge on any atom is -0.481 e. The molecule has 2 atom stereocenters. The summed E-state index contributed by atoms with van der Waals surface area (Å²) in [5, 5.41) is 8.90. The van der Waals surface area contributed by atoms with Gasteiger partial charge in [-0.3, -0.25) is 4.79 Å². The number of carbonyl (C=O) groups is 1. The van der Waals surface area contributed by atoms with Gasteiger partial charge in [0.25, 0.3) is 0 Å². The van der Waals surface area contributed by atoms with Crippen LogP contribution >= 0.6 is 0 Å². The molecule has 2 unspecified atom stereocenters. The fraction of sp³-hybridized carbons (Fsp3) is 0.700. The maximum Gasteiger partial charge on any atom is 0.307 e. The Balaban J connectivity index is 3.95. The lowest BCUT2D eigenvalue weighted by Gasteiger charge is -2.16. The van der Waals surface area contributed by atoms with Gasteiger partial charge in [0.2, 0.25) is 0 Å². The van der Waals surface area contributed by atoms with E-state index < -0.39 is 5.97 Å². The Hall–Kier alpha value is -0.830. The molecule has 0 saturated heterocycles. The summed E-state index contributed by atoms with van der Waals surface area (Å²) in [4.78, 5) is 10.8. The SMILES string of the molecule is C=CC(C)C(CCCCN)C(=O)O. The molecule has 0 fully saturated rings. The highest BCUT2D eigenvalue weighted by Crippen LogP contribution is 2.19. The normalized spacial score (nSPS) is 14.9. The molecule has 0 aromatic heterocycles. The van der Waals surface area contributed by atoms with Crippen LogP contribution in [0.4, 0.5) is 0 Å². The smallest absolute Gasteiger partial charge is 0.307 e. The number of allylic oxidation sites excluding steroid dienone is 1. The summed E-state index contributed by atoms with van der Waals surface area (Å²) in [6, 6.07) is 0. The number of hydrogen-bond acceptors (Lipinski definition) is 2. The Morgan fingerprint density at radius 2 is 2.23 bits per heavy atom. The molecule has 0 heterocycles. The van der Waals surface area contributed by atoms with E-state index in [1.54, 1.807) is 6.08 Å². The van der Waals surface area contributed by atoms with E-state index in [0.29, 0.717) is 13.0 Å². The molecule has 0 saturated carbocycles. The molecule has 0 rings (SSSR count). The molecule has 0 bridgehead atoms. The Bertz CT molecular complexity index is 168. The first-order chi connectivity index (χ1) is 6.13. The number of carboxylic acids is 1. The fourth-order valence-corrected chi connectivity index (χ4v) is 1.28. The maximum absolute atomic E-state index is 10.8. The summed E-state index contributed by atoms with van der Waals surface area (Å²) >= 11 is 0. The fourth-order valence-electron chi connectivity index (χ4n) is 1.28. The van der Waals surface area contributed by atoms with Gasteiger partial charge in [0.05, 0.1) is 5.92 Å². The summed E-state index contributed by atoms with van der Waals surface area (Å²) in [5.74, 6) is -0.997. The summed E-state index contributed by atoms with van der Waals surface area (Å²) in [7, 11) is 0. The van der Waals surface area contributed by atoms with Crippen molar-refractivity contribution in [2.75, 3.05) is 6.54 Å². The topological polar surface area (TPSA) is 63.3 Å². The second-order valence-corrected chi connectivity index (χ2v) is 3.32. The van der Waals surface area contributed by atoms with Crippen LogP contribution in [0.1, 0.15) is 26.2 Å². The lowest BCUT2D eigenvalue weighted by Crippen LogP contribution is -2.20. The molecular weight excluding hydrogens is 166 g/mol. The van der Waals surface area contributed by atoms with Crippen LogP contribution in [0, 0.1) is 11.8 Å². The molecule has 0 spiro atoms. The number of rotatable bonds is 7. The highest BCUT2D eigenvalue weighted by molar-refractivity contribution is 5.70. The number of hydrogen-bond donors (Lipinski definition) is 2. The van der Waals surface area contributed by atoms with Gasteiger partial charge in [0.1, 0.15) is 0 Å². The van der Waals surface area contributed by atoms with E-state index in [2.05, 4.69) is 6.58 Å². The van der Waals surface area contributed by atoms with Gasteiger partial charge in [0.15, 0.2) is 0 Å². The maximum atomic E-state index is 10.8. The number of unbranched alkanes of at least 4 members (excludes halogenated alkanes) is 1. The molecule has 0 radical (unpaired) electrons. The summed E-state index contributed by atoms with van der Waals surface area (Å²) < 4.78 is 0. The zero-order chi connectivity index (χ0) is 10.3. The van der Waals surface area contributed by atoms with Crippen molar-refractivity contribution in [2.45, 2.75) is 26.2 Å². The van der Waals surface area contributed by atoms with Crippen molar-refractivity contribution in [3.05, 3.63) is 12.7 Å². The quantitative estimate of drug-likeness (QED) is 0.468. The minimum absolute atomic E-state index is 0.0373. The van der Waals surface area contributed by atoms with E-state index in [1.807, 2.05) is 6.92 Å². The lowest BCUT2D eigenvalue weighted by molar-refractivity contribution is -0.143. The van der Waals surface area contributed by atoms with Gasteiger partial charge in [0, 0.05) is 0 Å². The van der Waals surface area contributed by atoms with E-state index in [0.717, 1.165) is 12.8 Å². The van der Waals surface area contributed by atoms with Crippen LogP contribution in [0.25, 0.3) is 0 Å². The molecule has 0 aliphatic heterocycles. The third kappa shape index (κ3) is 4.68. The molecule has 0 amide bonds. The second kappa shape index (κ2) is 6.66. The zero-order valence-electron chi connectivity index (χ0n) is 8.20. The first kappa shape index (κ1) is 12.2. The molecule has 3 N–H and O–H groups in total. The highest BCUT2D eigenvalue weighted by atomic mass is 16.4. The summed E-state index contributed by atoms with van der Waals surface area (Å²) in [5.41, 5.74) is 5.33. The standard InChI is InChI=1S/C10H19NO2/c1-3-8(2)9(10(12)13)6-4-5-7-11/h3,8-9H,1,4-7,11H2,2H3,(H,12,13).